The molecule has 10 heterocycles. The van der Waals surface area contributed by atoms with Gasteiger partial charge in [-0.1, -0.05) is 164 Å². The molecule has 0 atom stereocenters. The quantitative estimate of drug-likeness (QED) is 0.151. The fourth-order valence-electron chi connectivity index (χ4n) is 19.8. The fourth-order valence-corrected chi connectivity index (χ4v) is 19.8. The summed E-state index contributed by atoms with van der Waals surface area (Å²) in [7, 11) is 1.69. The summed E-state index contributed by atoms with van der Waals surface area (Å²) in [4.78, 5) is 96.7. The van der Waals surface area contributed by atoms with Crippen LogP contribution in [0.1, 0.15) is 5.56 Å². The molecule has 15 aromatic carbocycles. The molecule has 10 aliphatic heterocycles. The molecule has 742 valence electrons. The van der Waals surface area contributed by atoms with Crippen LogP contribution >= 0.6 is 0 Å². The summed E-state index contributed by atoms with van der Waals surface area (Å²) in [5.74, 6) is 6.68. The minimum atomic E-state index is -0.606. The average Bonchev–Trinajstić information content (AvgIpc) is 0.773. The molecule has 28 nitrogen and oxygen atoms in total. The Bertz CT molecular complexity index is 7050. The highest BCUT2D eigenvalue weighted by Crippen LogP contribution is 2.53. The fraction of sp³-hybridized carbons (Fsp3) is 0.188. The van der Waals surface area contributed by atoms with Gasteiger partial charge in [0, 0.05) is 160 Å². The van der Waals surface area contributed by atoms with Gasteiger partial charge < -0.3 is 87.6 Å². The van der Waals surface area contributed by atoms with Crippen molar-refractivity contribution < 1.29 is 71.4 Å². The third-order valence-electron chi connectivity index (χ3n) is 27.3. The number of aliphatic hydroxyl groups excluding tert-OH is 1. The predicted molar refractivity (Wildman–Crippen MR) is 568 cm³/mol. The van der Waals surface area contributed by atoms with Crippen molar-refractivity contribution in [2.24, 2.45) is 0 Å². The second-order valence-electron chi connectivity index (χ2n) is 36.1. The minimum Gasteiger partial charge on any atom is -0.508 e. The number of carbonyl (C=O) groups excluding carboxylic acids is 5. The molecule has 0 spiro atoms. The Kier molecular flexibility index (Phi) is 27.9. The molecule has 0 bridgehead atoms. The lowest BCUT2D eigenvalue weighted by Crippen LogP contribution is -2.52. The lowest BCUT2D eigenvalue weighted by Gasteiger charge is -2.40. The second kappa shape index (κ2) is 43.1. The summed E-state index contributed by atoms with van der Waals surface area (Å²) in [5, 5.41) is 18.9. The Morgan fingerprint density at radius 1 is 0.238 bits per heavy atom. The Labute approximate surface area is 850 Å². The van der Waals surface area contributed by atoms with Crippen molar-refractivity contribution in [3.8, 4) is 69.0 Å². The number of piperazine rings is 5. The molecule has 10 aliphatic rings. The van der Waals surface area contributed by atoms with Gasteiger partial charge in [0.2, 0.25) is 0 Å². The topological polar surface area (TPSA) is 230 Å². The number of methoxy groups -OCH3 is 1. The van der Waals surface area contributed by atoms with E-state index in [0.29, 0.717) is 153 Å². The zero-order valence-electron chi connectivity index (χ0n) is 80.8. The number of amides is 10. The van der Waals surface area contributed by atoms with Crippen molar-refractivity contribution in [1.82, 2.24) is 24.5 Å². The maximum Gasteiger partial charge on any atom is 0.329 e. The molecule has 5 fully saturated rings. The number of hydrogen-bond donors (Lipinski definition) is 2. The molecule has 10 amide bonds. The SMILES string of the molecule is COc1ccccc1N1CCN(C(=O)N2c3ccccc3Oc3ccccc32)CC1.O=C(N1CCN(c2cc(F)cc(F)c2)CC1)N1c2ccccc2Oc2ccccc21.O=C(N1CCN(c2ccc(O)cc2)CC1)N1c2ccccc2Oc2ccccc21.O=C(N1CCN(c2cccc(CO)c2)CC1)N1c2ccccc2Oc2ccccc21.O=C(N1CCN(c2ccccc2)CC1)N1c2ccccc2Oc2ccccc21. The van der Waals surface area contributed by atoms with Crippen molar-refractivity contribution in [2.75, 3.05) is 187 Å². The number of nitrogens with zero attached hydrogens (tertiary/aromatic N) is 15. The number of ether oxygens (including phenoxy) is 6. The van der Waals surface area contributed by atoms with Crippen LogP contribution in [0, 0.1) is 11.6 Å². The summed E-state index contributed by atoms with van der Waals surface area (Å²) in [6, 6.07) is 113. The molecule has 15 aromatic rings. The first-order valence-corrected chi connectivity index (χ1v) is 49.2. The van der Waals surface area contributed by atoms with Crippen molar-refractivity contribution >= 4 is 115 Å². The van der Waals surface area contributed by atoms with Gasteiger partial charge >= 0.3 is 30.2 Å². The van der Waals surface area contributed by atoms with E-state index in [1.54, 1.807) is 48.6 Å². The van der Waals surface area contributed by atoms with E-state index in [2.05, 4.69) is 49.9 Å². The summed E-state index contributed by atoms with van der Waals surface area (Å²) >= 11 is 0. The Balaban J connectivity index is 0.000000108. The molecular weight excluding hydrogens is 1860 g/mol. The van der Waals surface area contributed by atoms with Crippen LogP contribution in [-0.2, 0) is 6.61 Å². The maximum absolute atomic E-state index is 13.6. The normalized spacial score (nSPS) is 15.3. The van der Waals surface area contributed by atoms with Crippen molar-refractivity contribution in [3.05, 3.63) is 381 Å². The van der Waals surface area contributed by atoms with Crippen LogP contribution in [0.5, 0.6) is 69.0 Å². The molecule has 0 aromatic heterocycles. The van der Waals surface area contributed by atoms with Crippen LogP contribution in [0.4, 0.5) is 118 Å². The summed E-state index contributed by atoms with van der Waals surface area (Å²) in [6.45, 7) is 13.2. The zero-order valence-corrected chi connectivity index (χ0v) is 80.8. The van der Waals surface area contributed by atoms with Gasteiger partial charge in [0.05, 0.1) is 76.3 Å². The second-order valence-corrected chi connectivity index (χ2v) is 36.1. The average molecular weight is 1970 g/mol. The number of phenolic OH excluding ortho intramolecular Hbond substituents is 1. The van der Waals surface area contributed by atoms with E-state index in [-0.39, 0.29) is 42.5 Å². The molecule has 2 N–H and O–H groups in total. The van der Waals surface area contributed by atoms with Crippen LogP contribution in [0.2, 0.25) is 0 Å². The third-order valence-corrected chi connectivity index (χ3v) is 27.3. The number of anilines is 15. The number of rotatable bonds is 7. The number of phenols is 1. The van der Waals surface area contributed by atoms with Crippen molar-refractivity contribution in [2.45, 2.75) is 6.61 Å². The van der Waals surface area contributed by atoms with E-state index < -0.39 is 11.6 Å². The lowest BCUT2D eigenvalue weighted by molar-refractivity contribution is 0.202. The van der Waals surface area contributed by atoms with Gasteiger partial charge in [-0.05, 0) is 200 Å². The molecule has 147 heavy (non-hydrogen) atoms. The number of aromatic hydroxyl groups is 1. The smallest absolute Gasteiger partial charge is 0.329 e. The molecule has 0 aliphatic carbocycles. The van der Waals surface area contributed by atoms with Gasteiger partial charge in [0.15, 0.2) is 57.5 Å². The summed E-state index contributed by atoms with van der Waals surface area (Å²) in [6.07, 6.45) is 0. The van der Waals surface area contributed by atoms with E-state index in [9.17, 15) is 43.0 Å². The zero-order chi connectivity index (χ0) is 100. The summed E-state index contributed by atoms with van der Waals surface area (Å²) < 4.78 is 62.6. The van der Waals surface area contributed by atoms with Gasteiger partial charge in [0.25, 0.3) is 0 Å². The molecule has 0 unspecified atom stereocenters. The van der Waals surface area contributed by atoms with Crippen molar-refractivity contribution in [1.29, 1.82) is 0 Å². The molecule has 25 rings (SSSR count). The predicted octanol–water partition coefficient (Wildman–Crippen LogP) is 23.8. The maximum atomic E-state index is 13.6. The first-order chi connectivity index (χ1) is 72.1. The number of carbonyl (C=O) groups is 5. The van der Waals surface area contributed by atoms with Crippen LogP contribution in [0.3, 0.4) is 0 Å². The van der Waals surface area contributed by atoms with Crippen LogP contribution in [-0.4, -0.2) is 203 Å². The van der Waals surface area contributed by atoms with Gasteiger partial charge in [-0.15, -0.1) is 0 Å². The first-order valence-electron chi connectivity index (χ1n) is 49.2. The van der Waals surface area contributed by atoms with E-state index >= 15 is 0 Å². The third kappa shape index (κ3) is 20.2. The number of fused-ring (bicyclic) bond motifs is 10. The van der Waals surface area contributed by atoms with E-state index in [4.69, 9.17) is 28.4 Å². The minimum absolute atomic E-state index is 0.00379. The van der Waals surface area contributed by atoms with Crippen LogP contribution in [0.25, 0.3) is 0 Å². The van der Waals surface area contributed by atoms with Gasteiger partial charge in [-0.2, -0.15) is 0 Å². The van der Waals surface area contributed by atoms with Crippen LogP contribution < -0.4 is 77.4 Å². The lowest BCUT2D eigenvalue weighted by atomic mass is 10.1. The van der Waals surface area contributed by atoms with Crippen molar-refractivity contribution in [3.63, 3.8) is 0 Å². The van der Waals surface area contributed by atoms with Crippen LogP contribution in [0.15, 0.2) is 364 Å². The van der Waals surface area contributed by atoms with E-state index in [1.807, 2.05) is 328 Å². The van der Waals surface area contributed by atoms with E-state index in [1.165, 1.54) is 17.8 Å². The number of aliphatic hydroxyl groups is 1. The highest BCUT2D eigenvalue weighted by atomic mass is 19.1. The monoisotopic (exact) mass is 1970 g/mol. The van der Waals surface area contributed by atoms with Gasteiger partial charge in [-0.25, -0.2) is 32.8 Å². The first kappa shape index (κ1) is 95.3. The molecule has 5 saturated heterocycles. The Hall–Kier alpha value is -17.9. The number of hydrogen-bond acceptors (Lipinski definition) is 18. The van der Waals surface area contributed by atoms with E-state index in [0.717, 1.165) is 132 Å². The number of benzene rings is 15. The number of halogens is 2. The Morgan fingerprint density at radius 3 is 0.735 bits per heavy atom. The molecular formula is C117H107F2N15O13. The van der Waals surface area contributed by atoms with Gasteiger partial charge in [-0.3, -0.25) is 24.5 Å². The highest BCUT2D eigenvalue weighted by Gasteiger charge is 2.41. The molecule has 0 radical (unpaired) electrons. The number of para-hydroxylation sites is 23. The number of urea groups is 5. The molecule has 0 saturated carbocycles. The Morgan fingerprint density at radius 2 is 0.463 bits per heavy atom. The van der Waals surface area contributed by atoms with Gasteiger partial charge in [0.1, 0.15) is 23.1 Å². The largest absolute Gasteiger partial charge is 0.508 e. The summed E-state index contributed by atoms with van der Waals surface area (Å²) in [5.41, 5.74) is 13.3. The standard InChI is InChI=1S/2C24H23N3O3.C23H19F2N3O2.C23H21N3O3.C23H21N3O2/c1-29-21-11-5-2-8-18(21)25-14-16-26(17-15-25)24(28)27-19-9-3-6-12-22(19)30-23-13-7-4-10-20(23)27;28-17-18-6-5-7-19(16-18)25-12-14-26(15-13-25)24(29)27-20-8-1-3-10-22(20)30-23-11-4-2-9-21(23)27;24-16-13-17(25)15-18(14-16)26-9-11-27(12-10-26)23(29)28-19-5-1-3-7-21(19)30-22-8-4-2-6-20(22)28;27-18-11-9-17(10-12-18)24-13-15-25(16-14-24)23(28)26-19-5-1-3-7-21(19)29-22-8-4-2-6-20(22)26;27-23(25-16-14-24(15-17-25)18-8-2-1-3-9-18)26-19-10-4-6-12-21(19)28-22-13-7-5-11-20(22)26/h2-13H,14-17H2,1H3;1-11,16,28H,12-15,17H2;1-8,13-15H,9-12H2;1-12,27H,13-16H2;1-13H,14-17H2. The molecule has 30 heteroatoms. The highest BCUT2D eigenvalue weighted by molar-refractivity contribution is 6.08.